The van der Waals surface area contributed by atoms with Crippen LogP contribution in [0.2, 0.25) is 0 Å². The molecule has 8 heteroatoms. The Balaban J connectivity index is 1.33. The minimum Gasteiger partial charge on any atom is -0.449 e. The Morgan fingerprint density at radius 3 is 1.10 bits per heavy atom. The molecule has 0 saturated heterocycles. The lowest BCUT2D eigenvalue weighted by atomic mass is 10.1. The topological polar surface area (TPSA) is 88.2 Å². The van der Waals surface area contributed by atoms with Crippen molar-refractivity contribution in [3.8, 4) is 11.6 Å². The van der Waals surface area contributed by atoms with Gasteiger partial charge < -0.3 is 9.47 Å². The Kier molecular flexibility index (Phi) is 17.9. The van der Waals surface area contributed by atoms with Crippen molar-refractivity contribution >= 4 is 34.3 Å². The molecule has 0 fully saturated rings. The monoisotopic (exact) mass is 686 g/mol. The van der Waals surface area contributed by atoms with Gasteiger partial charge in [-0.05, 0) is 37.1 Å². The van der Waals surface area contributed by atoms with Crippen molar-refractivity contribution < 1.29 is 19.1 Å². The Morgan fingerprint density at radius 1 is 0.460 bits per heavy atom. The molecule has 0 saturated carbocycles. The van der Waals surface area contributed by atoms with E-state index in [-0.39, 0.29) is 11.6 Å². The van der Waals surface area contributed by atoms with Gasteiger partial charge in [0.05, 0.1) is 35.3 Å². The summed E-state index contributed by atoms with van der Waals surface area (Å²) in [6.07, 6.45) is 26.0. The molecule has 0 unspecified atom stereocenters. The molecule has 274 valence electrons. The standard InChI is InChI=1S/C42H62N4O4/c1-3-5-7-9-11-13-15-17-19-21-27-33-49-41(47)45-37-31-25-23-29-35(37)43-39(45)40-44-36-30-24-26-32-38(36)46(40)42(48)50-34-28-22-20-18-16-14-12-10-8-6-4-2/h23-26,29-32H,3-22,27-28,33-34H2,1-2H3. The molecule has 4 rings (SSSR count). The molecule has 4 aromatic rings. The third-order valence-electron chi connectivity index (χ3n) is 9.63. The number of unbranched alkanes of at least 4 members (excludes halogenated alkanes) is 20. The van der Waals surface area contributed by atoms with E-state index >= 15 is 0 Å². The first-order valence-corrected chi connectivity index (χ1v) is 19.9. The van der Waals surface area contributed by atoms with Gasteiger partial charge >= 0.3 is 12.2 Å². The highest BCUT2D eigenvalue weighted by molar-refractivity contribution is 5.95. The van der Waals surface area contributed by atoms with Crippen LogP contribution >= 0.6 is 0 Å². The molecule has 0 atom stereocenters. The lowest BCUT2D eigenvalue weighted by Gasteiger charge is -2.11. The first kappa shape index (κ1) is 39.1. The van der Waals surface area contributed by atoms with Crippen LogP contribution in [-0.4, -0.2) is 44.5 Å². The van der Waals surface area contributed by atoms with E-state index in [9.17, 15) is 9.59 Å². The van der Waals surface area contributed by atoms with Crippen molar-refractivity contribution in [2.75, 3.05) is 13.2 Å². The molecule has 0 aliphatic carbocycles. The number of benzene rings is 2. The normalized spacial score (nSPS) is 11.5. The second kappa shape index (κ2) is 22.9. The van der Waals surface area contributed by atoms with E-state index in [4.69, 9.17) is 19.4 Å². The Bertz CT molecular complexity index is 1440. The highest BCUT2D eigenvalue weighted by atomic mass is 16.6. The smallest absolute Gasteiger partial charge is 0.420 e. The number of fused-ring (bicyclic) bond motifs is 2. The van der Waals surface area contributed by atoms with Gasteiger partial charge in [-0.15, -0.1) is 0 Å². The van der Waals surface area contributed by atoms with E-state index in [0.717, 1.165) is 38.5 Å². The maximum atomic E-state index is 13.6. The van der Waals surface area contributed by atoms with E-state index in [0.29, 0.717) is 35.3 Å². The van der Waals surface area contributed by atoms with Gasteiger partial charge in [-0.25, -0.2) is 28.7 Å². The summed E-state index contributed by atoms with van der Waals surface area (Å²) in [5.74, 6) is 0.524. The second-order valence-electron chi connectivity index (χ2n) is 13.8. The van der Waals surface area contributed by atoms with Gasteiger partial charge in [0.2, 0.25) is 0 Å². The zero-order chi connectivity index (χ0) is 35.2. The van der Waals surface area contributed by atoms with Crippen LogP contribution < -0.4 is 0 Å². The van der Waals surface area contributed by atoms with Gasteiger partial charge in [0, 0.05) is 0 Å². The maximum Gasteiger partial charge on any atom is 0.420 e. The second-order valence-corrected chi connectivity index (χ2v) is 13.8. The summed E-state index contributed by atoms with van der Waals surface area (Å²) in [6, 6.07) is 14.9. The predicted octanol–water partition coefficient (Wildman–Crippen LogP) is 12.6. The van der Waals surface area contributed by atoms with Gasteiger partial charge in [-0.1, -0.05) is 167 Å². The van der Waals surface area contributed by atoms with Crippen molar-refractivity contribution in [2.24, 2.45) is 0 Å². The van der Waals surface area contributed by atoms with E-state index in [1.807, 2.05) is 48.5 Å². The molecule has 8 nitrogen and oxygen atoms in total. The lowest BCUT2D eigenvalue weighted by Crippen LogP contribution is -2.20. The van der Waals surface area contributed by atoms with Crippen LogP contribution in [-0.2, 0) is 9.47 Å². The number of carbonyl (C=O) groups is 2. The number of imidazole rings is 2. The van der Waals surface area contributed by atoms with Crippen molar-refractivity contribution in [2.45, 2.75) is 155 Å². The molecule has 2 heterocycles. The average Bonchev–Trinajstić information content (AvgIpc) is 3.71. The number of carbonyl (C=O) groups excluding carboxylic acids is 2. The third-order valence-corrected chi connectivity index (χ3v) is 9.63. The summed E-state index contributed by atoms with van der Waals surface area (Å²) < 4.78 is 14.5. The van der Waals surface area contributed by atoms with Crippen molar-refractivity contribution in [1.82, 2.24) is 19.1 Å². The number of para-hydroxylation sites is 4. The molecule has 2 aromatic heterocycles. The third kappa shape index (κ3) is 12.3. The lowest BCUT2D eigenvalue weighted by molar-refractivity contribution is 0.144. The number of nitrogens with zero attached hydrogens (tertiary/aromatic N) is 4. The van der Waals surface area contributed by atoms with E-state index < -0.39 is 12.2 Å². The SMILES string of the molecule is CCCCCCCCCCCCCOC(=O)n1c(-c2nc3ccccc3n2C(=O)OCCCCCCCCCCCCC)nc2ccccc21. The summed E-state index contributed by atoms with van der Waals surface area (Å²) in [5.41, 5.74) is 2.47. The molecule has 0 amide bonds. The van der Waals surface area contributed by atoms with Gasteiger partial charge in [0.1, 0.15) is 0 Å². The van der Waals surface area contributed by atoms with Gasteiger partial charge in [0.25, 0.3) is 0 Å². The van der Waals surface area contributed by atoms with Crippen LogP contribution in [0.4, 0.5) is 9.59 Å². The van der Waals surface area contributed by atoms with Crippen LogP contribution in [0, 0.1) is 0 Å². The summed E-state index contributed by atoms with van der Waals surface area (Å²) in [7, 11) is 0. The molecule has 50 heavy (non-hydrogen) atoms. The number of rotatable bonds is 25. The number of aromatic nitrogens is 4. The molecule has 0 aliphatic rings. The van der Waals surface area contributed by atoms with E-state index in [1.54, 1.807) is 0 Å². The highest BCUT2D eigenvalue weighted by Gasteiger charge is 2.27. The maximum absolute atomic E-state index is 13.6. The fourth-order valence-electron chi connectivity index (χ4n) is 6.70. The van der Waals surface area contributed by atoms with Gasteiger partial charge in [-0.2, -0.15) is 0 Å². The molecule has 0 radical (unpaired) electrons. The van der Waals surface area contributed by atoms with Crippen LogP contribution in [0.1, 0.15) is 155 Å². The molecule has 0 spiro atoms. The fraction of sp³-hybridized carbons (Fsp3) is 0.619. The summed E-state index contributed by atoms with van der Waals surface area (Å²) in [5, 5.41) is 0. The summed E-state index contributed by atoms with van der Waals surface area (Å²) >= 11 is 0. The predicted molar refractivity (Wildman–Crippen MR) is 205 cm³/mol. The van der Waals surface area contributed by atoms with Crippen LogP contribution in [0.15, 0.2) is 48.5 Å². The minimum absolute atomic E-state index is 0.262. The van der Waals surface area contributed by atoms with Crippen LogP contribution in [0.3, 0.4) is 0 Å². The molecule has 2 aromatic carbocycles. The summed E-state index contributed by atoms with van der Waals surface area (Å²) in [6.45, 7) is 5.17. The van der Waals surface area contributed by atoms with Crippen molar-refractivity contribution in [1.29, 1.82) is 0 Å². The quantitative estimate of drug-likeness (QED) is 0.0645. The zero-order valence-electron chi connectivity index (χ0n) is 31.0. The molecular formula is C42H62N4O4. The number of ether oxygens (including phenoxy) is 2. The number of hydrogen-bond acceptors (Lipinski definition) is 6. The molecule has 0 aliphatic heterocycles. The Hall–Kier alpha value is -3.68. The fourth-order valence-corrected chi connectivity index (χ4v) is 6.70. The van der Waals surface area contributed by atoms with Crippen LogP contribution in [0.5, 0.6) is 0 Å². The largest absolute Gasteiger partial charge is 0.449 e. The molecule has 0 N–H and O–H groups in total. The van der Waals surface area contributed by atoms with E-state index in [2.05, 4.69) is 13.8 Å². The molecular weight excluding hydrogens is 624 g/mol. The average molecular weight is 687 g/mol. The minimum atomic E-state index is -0.520. The Morgan fingerprint density at radius 2 is 0.760 bits per heavy atom. The first-order valence-electron chi connectivity index (χ1n) is 19.9. The number of hydrogen-bond donors (Lipinski definition) is 0. The van der Waals surface area contributed by atoms with Gasteiger partial charge in [0.15, 0.2) is 11.6 Å². The highest BCUT2D eigenvalue weighted by Crippen LogP contribution is 2.29. The Labute approximate surface area is 300 Å². The zero-order valence-corrected chi connectivity index (χ0v) is 31.0. The van der Waals surface area contributed by atoms with E-state index in [1.165, 1.54) is 112 Å². The first-order chi connectivity index (χ1) is 24.7. The molecule has 0 bridgehead atoms. The van der Waals surface area contributed by atoms with Crippen molar-refractivity contribution in [3.63, 3.8) is 0 Å². The van der Waals surface area contributed by atoms with Gasteiger partial charge in [-0.3, -0.25) is 0 Å². The van der Waals surface area contributed by atoms with Crippen LogP contribution in [0.25, 0.3) is 33.7 Å². The van der Waals surface area contributed by atoms with Crippen molar-refractivity contribution in [3.05, 3.63) is 48.5 Å². The summed E-state index contributed by atoms with van der Waals surface area (Å²) in [4.78, 5) is 36.9.